The lowest BCUT2D eigenvalue weighted by molar-refractivity contribution is -0.127. The summed E-state index contributed by atoms with van der Waals surface area (Å²) < 4.78 is 0. The molecule has 2 aliphatic rings. The second-order valence-corrected chi connectivity index (χ2v) is 6.83. The SMILES string of the molecule is CC1(C(=O)N2CCSc3ccccc32)CCCC1N. The molecule has 4 heteroatoms. The summed E-state index contributed by atoms with van der Waals surface area (Å²) in [6, 6.07) is 8.17. The third-order valence-electron chi connectivity index (χ3n) is 4.49. The average Bonchev–Trinajstić information content (AvgIpc) is 2.78. The van der Waals surface area contributed by atoms with Crippen molar-refractivity contribution in [1.29, 1.82) is 0 Å². The summed E-state index contributed by atoms with van der Waals surface area (Å²) in [6.45, 7) is 2.83. The van der Waals surface area contributed by atoms with Crippen molar-refractivity contribution in [2.24, 2.45) is 11.1 Å². The first-order chi connectivity index (χ1) is 9.13. The van der Waals surface area contributed by atoms with Gasteiger partial charge in [-0.15, -0.1) is 11.8 Å². The Balaban J connectivity index is 1.93. The quantitative estimate of drug-likeness (QED) is 0.857. The van der Waals surface area contributed by atoms with Crippen LogP contribution in [0.1, 0.15) is 26.2 Å². The van der Waals surface area contributed by atoms with E-state index in [1.165, 1.54) is 4.90 Å². The first kappa shape index (κ1) is 13.0. The highest BCUT2D eigenvalue weighted by atomic mass is 32.2. The van der Waals surface area contributed by atoms with Crippen LogP contribution in [0.25, 0.3) is 0 Å². The fourth-order valence-electron chi connectivity index (χ4n) is 3.15. The summed E-state index contributed by atoms with van der Waals surface area (Å²) in [5.41, 5.74) is 6.87. The van der Waals surface area contributed by atoms with Crippen LogP contribution in [0.3, 0.4) is 0 Å². The molecule has 1 fully saturated rings. The predicted octanol–water partition coefficient (Wildman–Crippen LogP) is 2.64. The molecule has 0 spiro atoms. The molecule has 1 amide bonds. The van der Waals surface area contributed by atoms with Crippen LogP contribution < -0.4 is 10.6 Å². The molecule has 0 radical (unpaired) electrons. The first-order valence-corrected chi connectivity index (χ1v) is 7.91. The molecule has 3 nitrogen and oxygen atoms in total. The third-order valence-corrected chi connectivity index (χ3v) is 5.53. The van der Waals surface area contributed by atoms with Gasteiger partial charge in [-0.05, 0) is 31.9 Å². The standard InChI is InChI=1S/C15H20N2OS/c1-15(8-4-7-13(15)16)14(18)17-9-10-19-12-6-3-2-5-11(12)17/h2-3,5-6,13H,4,7-10,16H2,1H3. The Hall–Kier alpha value is -1.00. The second kappa shape index (κ2) is 4.84. The van der Waals surface area contributed by atoms with Crippen molar-refractivity contribution >= 4 is 23.4 Å². The van der Waals surface area contributed by atoms with Crippen LogP contribution >= 0.6 is 11.8 Å². The van der Waals surface area contributed by atoms with E-state index in [0.29, 0.717) is 0 Å². The minimum Gasteiger partial charge on any atom is -0.327 e. The van der Waals surface area contributed by atoms with Crippen LogP contribution in [-0.2, 0) is 4.79 Å². The molecule has 102 valence electrons. The molecule has 0 bridgehead atoms. The zero-order valence-electron chi connectivity index (χ0n) is 11.3. The smallest absolute Gasteiger partial charge is 0.234 e. The minimum atomic E-state index is -0.380. The monoisotopic (exact) mass is 276 g/mol. The highest BCUT2D eigenvalue weighted by Gasteiger charge is 2.46. The van der Waals surface area contributed by atoms with E-state index >= 15 is 0 Å². The van der Waals surface area contributed by atoms with Crippen molar-refractivity contribution in [2.75, 3.05) is 17.2 Å². The number of nitrogens with two attached hydrogens (primary N) is 1. The fourth-order valence-corrected chi connectivity index (χ4v) is 4.14. The number of para-hydroxylation sites is 1. The fraction of sp³-hybridized carbons (Fsp3) is 0.533. The van der Waals surface area contributed by atoms with Crippen molar-refractivity contribution in [3.05, 3.63) is 24.3 Å². The maximum absolute atomic E-state index is 12.9. The van der Waals surface area contributed by atoms with Crippen molar-refractivity contribution in [1.82, 2.24) is 0 Å². The van der Waals surface area contributed by atoms with Crippen molar-refractivity contribution < 1.29 is 4.79 Å². The average molecular weight is 276 g/mol. The van der Waals surface area contributed by atoms with Crippen LogP contribution in [0.4, 0.5) is 5.69 Å². The Bertz CT molecular complexity index is 505. The molecule has 0 saturated heterocycles. The summed E-state index contributed by atoms with van der Waals surface area (Å²) in [4.78, 5) is 16.1. The largest absolute Gasteiger partial charge is 0.327 e. The Morgan fingerprint density at radius 3 is 3.00 bits per heavy atom. The molecule has 3 rings (SSSR count). The van der Waals surface area contributed by atoms with Crippen molar-refractivity contribution in [3.63, 3.8) is 0 Å². The number of amides is 1. The molecule has 1 saturated carbocycles. The van der Waals surface area contributed by atoms with Gasteiger partial charge in [-0.2, -0.15) is 0 Å². The highest BCUT2D eigenvalue weighted by Crippen LogP contribution is 2.42. The van der Waals surface area contributed by atoms with Gasteiger partial charge in [0, 0.05) is 23.2 Å². The maximum Gasteiger partial charge on any atom is 0.234 e. The van der Waals surface area contributed by atoms with Crippen molar-refractivity contribution in [2.45, 2.75) is 37.1 Å². The van der Waals surface area contributed by atoms with E-state index in [-0.39, 0.29) is 17.4 Å². The number of hydrogen-bond acceptors (Lipinski definition) is 3. The van der Waals surface area contributed by atoms with E-state index in [0.717, 1.165) is 37.2 Å². The van der Waals surface area contributed by atoms with Gasteiger partial charge in [0.05, 0.1) is 11.1 Å². The number of thioether (sulfide) groups is 1. The Morgan fingerprint density at radius 2 is 2.26 bits per heavy atom. The van der Waals surface area contributed by atoms with Gasteiger partial charge in [0.25, 0.3) is 0 Å². The van der Waals surface area contributed by atoms with Gasteiger partial charge in [-0.25, -0.2) is 0 Å². The van der Waals surface area contributed by atoms with E-state index in [9.17, 15) is 4.79 Å². The van der Waals surface area contributed by atoms with E-state index in [4.69, 9.17) is 5.73 Å². The molecule has 1 aliphatic carbocycles. The minimum absolute atomic E-state index is 0.00161. The van der Waals surface area contributed by atoms with E-state index < -0.39 is 0 Å². The number of anilines is 1. The van der Waals surface area contributed by atoms with Gasteiger partial charge in [0.1, 0.15) is 0 Å². The molecular formula is C15H20N2OS. The molecule has 2 unspecified atom stereocenters. The van der Waals surface area contributed by atoms with Crippen LogP contribution in [0.5, 0.6) is 0 Å². The molecule has 2 N–H and O–H groups in total. The Labute approximate surface area is 118 Å². The zero-order chi connectivity index (χ0) is 13.5. The van der Waals surface area contributed by atoms with Gasteiger partial charge in [-0.3, -0.25) is 4.79 Å². The lowest BCUT2D eigenvalue weighted by atomic mass is 9.83. The summed E-state index contributed by atoms with van der Waals surface area (Å²) in [5.74, 6) is 1.18. The number of fused-ring (bicyclic) bond motifs is 1. The van der Waals surface area contributed by atoms with Gasteiger partial charge in [-0.1, -0.05) is 18.6 Å². The predicted molar refractivity (Wildman–Crippen MR) is 79.5 cm³/mol. The van der Waals surface area contributed by atoms with Crippen LogP contribution in [-0.4, -0.2) is 24.2 Å². The second-order valence-electron chi connectivity index (χ2n) is 5.69. The number of nitrogens with zero attached hydrogens (tertiary/aromatic N) is 1. The topological polar surface area (TPSA) is 46.3 Å². The summed E-state index contributed by atoms with van der Waals surface area (Å²) in [6.07, 6.45) is 2.94. The highest BCUT2D eigenvalue weighted by molar-refractivity contribution is 7.99. The van der Waals surface area contributed by atoms with Gasteiger partial charge < -0.3 is 10.6 Å². The third kappa shape index (κ3) is 2.07. The lowest BCUT2D eigenvalue weighted by Crippen LogP contribution is -2.50. The Morgan fingerprint density at radius 1 is 1.47 bits per heavy atom. The van der Waals surface area contributed by atoms with Gasteiger partial charge >= 0.3 is 0 Å². The van der Waals surface area contributed by atoms with E-state index in [1.54, 1.807) is 0 Å². The molecule has 0 aromatic heterocycles. The van der Waals surface area contributed by atoms with E-state index in [2.05, 4.69) is 6.07 Å². The number of benzene rings is 1. The number of carbonyl (C=O) groups is 1. The Kier molecular flexibility index (Phi) is 3.31. The summed E-state index contributed by atoms with van der Waals surface area (Å²) in [5, 5.41) is 0. The number of hydrogen-bond donors (Lipinski definition) is 1. The van der Waals surface area contributed by atoms with Gasteiger partial charge in [0.2, 0.25) is 5.91 Å². The molecule has 2 atom stereocenters. The maximum atomic E-state index is 12.9. The molecule has 1 aromatic carbocycles. The molecule has 1 aliphatic heterocycles. The lowest BCUT2D eigenvalue weighted by Gasteiger charge is -2.37. The summed E-state index contributed by atoms with van der Waals surface area (Å²) in [7, 11) is 0. The molecule has 19 heavy (non-hydrogen) atoms. The van der Waals surface area contributed by atoms with Crippen LogP contribution in [0.15, 0.2) is 29.2 Å². The summed E-state index contributed by atoms with van der Waals surface area (Å²) >= 11 is 1.83. The van der Waals surface area contributed by atoms with E-state index in [1.807, 2.05) is 41.8 Å². The zero-order valence-corrected chi connectivity index (χ0v) is 12.1. The number of rotatable bonds is 1. The van der Waals surface area contributed by atoms with Crippen LogP contribution in [0, 0.1) is 5.41 Å². The number of carbonyl (C=O) groups excluding carboxylic acids is 1. The molecule has 1 heterocycles. The first-order valence-electron chi connectivity index (χ1n) is 6.92. The molecule has 1 aromatic rings. The molecular weight excluding hydrogens is 256 g/mol. The normalized spacial score (nSPS) is 30.2. The van der Waals surface area contributed by atoms with Crippen LogP contribution in [0.2, 0.25) is 0 Å². The van der Waals surface area contributed by atoms with Crippen molar-refractivity contribution in [3.8, 4) is 0 Å². The van der Waals surface area contributed by atoms with Gasteiger partial charge in [0.15, 0.2) is 0 Å².